The summed E-state index contributed by atoms with van der Waals surface area (Å²) >= 11 is 9.07. The lowest BCUT2D eigenvalue weighted by Gasteiger charge is -2.18. The third-order valence-electron chi connectivity index (χ3n) is 0.759. The molecule has 0 radical (unpaired) electrons. The summed E-state index contributed by atoms with van der Waals surface area (Å²) in [5.41, 5.74) is 0. The van der Waals surface area contributed by atoms with Crippen molar-refractivity contribution in [3.63, 3.8) is 0 Å². The Hall–Kier alpha value is 1.36. The van der Waals surface area contributed by atoms with Gasteiger partial charge in [0, 0.05) is 6.61 Å². The Morgan fingerprint density at radius 3 is 2.00 bits per heavy atom. The molecule has 1 unspecified atom stereocenters. The number of rotatable bonds is 3. The van der Waals surface area contributed by atoms with Crippen molar-refractivity contribution in [3.8, 4) is 0 Å². The van der Waals surface area contributed by atoms with E-state index in [-0.39, 0.29) is 11.4 Å². The average Bonchev–Trinajstić information content (AvgIpc) is 1.64. The van der Waals surface area contributed by atoms with Crippen LogP contribution in [-0.4, -0.2) is 25.1 Å². The molecule has 0 aliphatic heterocycles. The quantitative estimate of drug-likeness (QED) is 0.773. The Kier molecular flexibility index (Phi) is 4.93. The first-order chi connectivity index (χ1) is 3.98. The van der Waals surface area contributed by atoms with E-state index in [1.165, 1.54) is 0 Å². The van der Waals surface area contributed by atoms with E-state index in [1.807, 2.05) is 0 Å². The standard InChI is InChI=1S/C4H7Br3O2/c5-3(1-2-8)4(6,7)9/h3,8-9H,1-2H2. The highest BCUT2D eigenvalue weighted by Crippen LogP contribution is 2.33. The van der Waals surface area contributed by atoms with Gasteiger partial charge in [0.05, 0.1) is 4.83 Å². The lowest BCUT2D eigenvalue weighted by molar-refractivity contribution is 0.215. The Bertz CT molecular complexity index is 80.4. The third kappa shape index (κ3) is 4.72. The second-order valence-corrected chi connectivity index (χ2v) is 6.16. The lowest BCUT2D eigenvalue weighted by Crippen LogP contribution is -2.24. The summed E-state index contributed by atoms with van der Waals surface area (Å²) in [6.45, 7) is 0.0510. The van der Waals surface area contributed by atoms with E-state index < -0.39 is 3.42 Å². The summed E-state index contributed by atoms with van der Waals surface area (Å²) in [7, 11) is 0. The Labute approximate surface area is 79.0 Å². The van der Waals surface area contributed by atoms with Crippen LogP contribution in [0.3, 0.4) is 0 Å². The van der Waals surface area contributed by atoms with Gasteiger partial charge in [-0.3, -0.25) is 0 Å². The van der Waals surface area contributed by atoms with Crippen molar-refractivity contribution in [2.24, 2.45) is 0 Å². The Balaban J connectivity index is 3.59. The molecule has 0 heterocycles. The number of aliphatic hydroxyl groups excluding tert-OH is 1. The zero-order chi connectivity index (χ0) is 7.49. The molecule has 0 aliphatic rings. The predicted molar refractivity (Wildman–Crippen MR) is 47.2 cm³/mol. The molecule has 0 aromatic heterocycles. The first kappa shape index (κ1) is 10.4. The van der Waals surface area contributed by atoms with Crippen molar-refractivity contribution in [2.45, 2.75) is 14.7 Å². The minimum atomic E-state index is -1.11. The molecule has 0 aromatic carbocycles. The molecule has 1 atom stereocenters. The van der Waals surface area contributed by atoms with Crippen LogP contribution in [0.15, 0.2) is 0 Å². The Morgan fingerprint density at radius 1 is 1.44 bits per heavy atom. The summed E-state index contributed by atoms with van der Waals surface area (Å²) in [6.07, 6.45) is 0.493. The molecular weight excluding hydrogens is 320 g/mol. The van der Waals surface area contributed by atoms with E-state index in [0.717, 1.165) is 0 Å². The molecule has 2 N–H and O–H groups in total. The topological polar surface area (TPSA) is 40.5 Å². The fraction of sp³-hybridized carbons (Fsp3) is 1.00. The van der Waals surface area contributed by atoms with Gasteiger partial charge in [-0.2, -0.15) is 0 Å². The molecule has 9 heavy (non-hydrogen) atoms. The average molecular weight is 327 g/mol. The van der Waals surface area contributed by atoms with Crippen molar-refractivity contribution in [3.05, 3.63) is 0 Å². The van der Waals surface area contributed by atoms with E-state index in [9.17, 15) is 0 Å². The second kappa shape index (κ2) is 4.28. The molecule has 0 amide bonds. The number of hydrogen-bond donors (Lipinski definition) is 2. The predicted octanol–water partition coefficient (Wildman–Crippen LogP) is 1.57. The van der Waals surface area contributed by atoms with Crippen molar-refractivity contribution in [1.82, 2.24) is 0 Å². The largest absolute Gasteiger partial charge is 0.396 e. The van der Waals surface area contributed by atoms with Crippen molar-refractivity contribution in [1.29, 1.82) is 0 Å². The third-order valence-corrected chi connectivity index (χ3v) is 4.21. The van der Waals surface area contributed by atoms with Crippen LogP contribution in [0.25, 0.3) is 0 Å². The monoisotopic (exact) mass is 324 g/mol. The molecule has 0 bridgehead atoms. The fourth-order valence-corrected chi connectivity index (χ4v) is 0.950. The number of alkyl halides is 3. The van der Waals surface area contributed by atoms with E-state index in [1.54, 1.807) is 0 Å². The first-order valence-corrected chi connectivity index (χ1v) is 4.83. The minimum Gasteiger partial charge on any atom is -0.396 e. The smallest absolute Gasteiger partial charge is 0.187 e. The summed E-state index contributed by atoms with van der Waals surface area (Å²) in [5, 5.41) is 17.5. The zero-order valence-electron chi connectivity index (χ0n) is 4.52. The second-order valence-electron chi connectivity index (χ2n) is 1.57. The molecule has 0 spiro atoms. The number of hydrogen-bond acceptors (Lipinski definition) is 2. The molecule has 0 fully saturated rings. The van der Waals surface area contributed by atoms with E-state index >= 15 is 0 Å². The van der Waals surface area contributed by atoms with Crippen LogP contribution in [0.2, 0.25) is 0 Å². The normalized spacial score (nSPS) is 15.7. The molecule has 0 saturated carbocycles. The SMILES string of the molecule is OCCC(Br)C(O)(Br)Br. The van der Waals surface area contributed by atoms with Crippen molar-refractivity contribution in [2.75, 3.05) is 6.61 Å². The van der Waals surface area contributed by atoms with E-state index in [2.05, 4.69) is 47.8 Å². The van der Waals surface area contributed by atoms with Crippen LogP contribution in [-0.2, 0) is 0 Å². The maximum Gasteiger partial charge on any atom is 0.187 e. The van der Waals surface area contributed by atoms with Crippen LogP contribution in [0, 0.1) is 0 Å². The Morgan fingerprint density at radius 2 is 1.89 bits per heavy atom. The van der Waals surface area contributed by atoms with Gasteiger partial charge in [0.2, 0.25) is 0 Å². The number of aliphatic hydroxyl groups is 2. The van der Waals surface area contributed by atoms with Gasteiger partial charge in [-0.25, -0.2) is 0 Å². The van der Waals surface area contributed by atoms with Gasteiger partial charge in [-0.05, 0) is 38.3 Å². The van der Waals surface area contributed by atoms with Gasteiger partial charge in [0.15, 0.2) is 3.42 Å². The minimum absolute atomic E-state index is 0.0510. The fourth-order valence-electron chi connectivity index (χ4n) is 0.287. The van der Waals surface area contributed by atoms with Gasteiger partial charge in [-0.1, -0.05) is 15.9 Å². The van der Waals surface area contributed by atoms with Gasteiger partial charge < -0.3 is 10.2 Å². The van der Waals surface area contributed by atoms with Crippen LogP contribution in [0.4, 0.5) is 0 Å². The highest BCUT2D eigenvalue weighted by Gasteiger charge is 2.27. The molecule has 0 saturated heterocycles. The van der Waals surface area contributed by atoms with Gasteiger partial charge in [0.25, 0.3) is 0 Å². The van der Waals surface area contributed by atoms with Crippen LogP contribution in [0.5, 0.6) is 0 Å². The maximum atomic E-state index is 9.09. The van der Waals surface area contributed by atoms with Crippen LogP contribution < -0.4 is 0 Å². The van der Waals surface area contributed by atoms with Gasteiger partial charge >= 0.3 is 0 Å². The molecule has 2 nitrogen and oxygen atoms in total. The lowest BCUT2D eigenvalue weighted by atomic mass is 10.3. The zero-order valence-corrected chi connectivity index (χ0v) is 9.28. The summed E-state index contributed by atoms with van der Waals surface area (Å²) < 4.78 is -1.11. The molecular formula is C4H7Br3O2. The van der Waals surface area contributed by atoms with Crippen LogP contribution >= 0.6 is 47.8 Å². The highest BCUT2D eigenvalue weighted by molar-refractivity contribution is 9.26. The van der Waals surface area contributed by atoms with Crippen molar-refractivity contribution >= 4 is 47.8 Å². The van der Waals surface area contributed by atoms with Gasteiger partial charge in [-0.15, -0.1) is 0 Å². The first-order valence-electron chi connectivity index (χ1n) is 2.33. The van der Waals surface area contributed by atoms with E-state index in [4.69, 9.17) is 10.2 Å². The molecule has 5 heteroatoms. The van der Waals surface area contributed by atoms with E-state index in [0.29, 0.717) is 6.42 Å². The van der Waals surface area contributed by atoms with Crippen LogP contribution in [0.1, 0.15) is 6.42 Å². The summed E-state index contributed by atoms with van der Waals surface area (Å²) in [6, 6.07) is 0. The maximum absolute atomic E-state index is 9.09. The molecule has 0 rings (SSSR count). The highest BCUT2D eigenvalue weighted by atomic mass is 79.9. The molecule has 56 valence electrons. The van der Waals surface area contributed by atoms with Gasteiger partial charge in [0.1, 0.15) is 0 Å². The molecule has 0 aromatic rings. The summed E-state index contributed by atoms with van der Waals surface area (Å²) in [4.78, 5) is -0.185. The summed E-state index contributed by atoms with van der Waals surface area (Å²) in [5.74, 6) is 0. The molecule has 0 aliphatic carbocycles. The van der Waals surface area contributed by atoms with Crippen molar-refractivity contribution < 1.29 is 10.2 Å². The number of halogens is 3.